The predicted molar refractivity (Wildman–Crippen MR) is 95.4 cm³/mol. The minimum Gasteiger partial charge on any atom is -0.493 e. The summed E-state index contributed by atoms with van der Waals surface area (Å²) in [6.45, 7) is 0.439. The molecule has 3 aromatic rings. The highest BCUT2D eigenvalue weighted by molar-refractivity contribution is 5.95. The van der Waals surface area contributed by atoms with Crippen LogP contribution < -0.4 is 10.1 Å². The smallest absolute Gasteiger partial charge is 0.254 e. The zero-order valence-corrected chi connectivity index (χ0v) is 14.3. The standard InChI is InChI=1S/C20H18FN3O2/c1-22-20(25)17-12-14(19-16(18(17)21)7-10-26-19)11-13-3-5-15(6-4-13)24-9-2-8-23-24/h2-6,8-9,12H,7,10-11H2,1H3,(H,22,25). The molecule has 6 heteroatoms. The van der Waals surface area contributed by atoms with Crippen LogP contribution >= 0.6 is 0 Å². The number of nitrogens with one attached hydrogen (secondary N) is 1. The number of hydrogen-bond donors (Lipinski definition) is 1. The van der Waals surface area contributed by atoms with Crippen molar-refractivity contribution >= 4 is 5.91 Å². The number of benzene rings is 2. The maximum absolute atomic E-state index is 14.6. The summed E-state index contributed by atoms with van der Waals surface area (Å²) in [5.41, 5.74) is 3.40. The Morgan fingerprint density at radius 2 is 2.15 bits per heavy atom. The molecule has 26 heavy (non-hydrogen) atoms. The van der Waals surface area contributed by atoms with Gasteiger partial charge in [0, 0.05) is 37.8 Å². The minimum atomic E-state index is -0.477. The van der Waals surface area contributed by atoms with Crippen LogP contribution in [0.15, 0.2) is 48.8 Å². The molecule has 1 aromatic heterocycles. The Balaban J connectivity index is 1.68. The van der Waals surface area contributed by atoms with E-state index in [0.29, 0.717) is 30.8 Å². The zero-order valence-electron chi connectivity index (χ0n) is 14.3. The number of amides is 1. The number of carbonyl (C=O) groups excluding carboxylic acids is 1. The average molecular weight is 351 g/mol. The van der Waals surface area contributed by atoms with Gasteiger partial charge in [-0.15, -0.1) is 0 Å². The molecule has 1 aliphatic heterocycles. The van der Waals surface area contributed by atoms with Gasteiger partial charge in [0.2, 0.25) is 0 Å². The molecule has 2 heterocycles. The van der Waals surface area contributed by atoms with Gasteiger partial charge in [0.05, 0.1) is 17.9 Å². The number of nitrogens with zero attached hydrogens (tertiary/aromatic N) is 2. The van der Waals surface area contributed by atoms with Crippen LogP contribution in [0.1, 0.15) is 27.0 Å². The highest BCUT2D eigenvalue weighted by Gasteiger charge is 2.26. The van der Waals surface area contributed by atoms with Gasteiger partial charge >= 0.3 is 0 Å². The van der Waals surface area contributed by atoms with Crippen molar-refractivity contribution in [2.45, 2.75) is 12.8 Å². The van der Waals surface area contributed by atoms with Crippen molar-refractivity contribution < 1.29 is 13.9 Å². The zero-order chi connectivity index (χ0) is 18.1. The molecular formula is C20H18FN3O2. The van der Waals surface area contributed by atoms with E-state index in [9.17, 15) is 9.18 Å². The normalized spacial score (nSPS) is 12.5. The maximum atomic E-state index is 14.6. The van der Waals surface area contributed by atoms with Gasteiger partial charge in [-0.3, -0.25) is 4.79 Å². The number of rotatable bonds is 4. The summed E-state index contributed by atoms with van der Waals surface area (Å²) in [6.07, 6.45) is 4.65. The van der Waals surface area contributed by atoms with Gasteiger partial charge in [0.1, 0.15) is 11.6 Å². The molecule has 0 aliphatic carbocycles. The number of carbonyl (C=O) groups is 1. The lowest BCUT2D eigenvalue weighted by molar-refractivity contribution is 0.0959. The molecule has 0 saturated carbocycles. The third-order valence-electron chi connectivity index (χ3n) is 4.56. The Bertz CT molecular complexity index is 950. The van der Waals surface area contributed by atoms with Crippen LogP contribution in [0.25, 0.3) is 5.69 Å². The minimum absolute atomic E-state index is 0.0694. The summed E-state index contributed by atoms with van der Waals surface area (Å²) in [7, 11) is 1.50. The second-order valence-corrected chi connectivity index (χ2v) is 6.18. The highest BCUT2D eigenvalue weighted by Crippen LogP contribution is 2.35. The second-order valence-electron chi connectivity index (χ2n) is 6.18. The van der Waals surface area contributed by atoms with Gasteiger partial charge in [-0.05, 0) is 35.4 Å². The molecule has 1 amide bonds. The van der Waals surface area contributed by atoms with E-state index < -0.39 is 11.7 Å². The van der Waals surface area contributed by atoms with E-state index in [0.717, 1.165) is 16.8 Å². The summed E-state index contributed by atoms with van der Waals surface area (Å²) in [5, 5.41) is 6.71. The van der Waals surface area contributed by atoms with Gasteiger partial charge in [0.15, 0.2) is 0 Å². The SMILES string of the molecule is CNC(=O)c1cc(Cc2ccc(-n3cccn3)cc2)c2c(c1F)CCO2. The number of ether oxygens (including phenoxy) is 1. The van der Waals surface area contributed by atoms with Crippen LogP contribution in [0.4, 0.5) is 4.39 Å². The number of fused-ring (bicyclic) bond motifs is 1. The molecule has 0 radical (unpaired) electrons. The highest BCUT2D eigenvalue weighted by atomic mass is 19.1. The number of halogens is 1. The summed E-state index contributed by atoms with van der Waals surface area (Å²) in [5.74, 6) is -0.326. The molecule has 2 aromatic carbocycles. The molecule has 0 bridgehead atoms. The fraction of sp³-hybridized carbons (Fsp3) is 0.200. The van der Waals surface area contributed by atoms with E-state index in [-0.39, 0.29) is 5.56 Å². The maximum Gasteiger partial charge on any atom is 0.254 e. The molecule has 5 nitrogen and oxygen atoms in total. The van der Waals surface area contributed by atoms with E-state index in [2.05, 4.69) is 10.4 Å². The van der Waals surface area contributed by atoms with Crippen molar-refractivity contribution in [1.29, 1.82) is 0 Å². The lowest BCUT2D eigenvalue weighted by Crippen LogP contribution is -2.20. The molecule has 0 saturated heterocycles. The molecule has 0 unspecified atom stereocenters. The third-order valence-corrected chi connectivity index (χ3v) is 4.56. The molecule has 0 spiro atoms. The van der Waals surface area contributed by atoms with Crippen molar-refractivity contribution in [3.63, 3.8) is 0 Å². The van der Waals surface area contributed by atoms with Gasteiger partial charge < -0.3 is 10.1 Å². The van der Waals surface area contributed by atoms with Crippen LogP contribution in [0, 0.1) is 5.82 Å². The molecule has 132 valence electrons. The molecule has 4 rings (SSSR count). The fourth-order valence-corrected chi connectivity index (χ4v) is 3.26. The topological polar surface area (TPSA) is 56.2 Å². The Hall–Kier alpha value is -3.15. The lowest BCUT2D eigenvalue weighted by Gasteiger charge is -2.13. The molecule has 0 atom stereocenters. The quantitative estimate of drug-likeness (QED) is 0.786. The van der Waals surface area contributed by atoms with E-state index in [4.69, 9.17) is 4.74 Å². The van der Waals surface area contributed by atoms with Crippen molar-refractivity contribution in [2.75, 3.05) is 13.7 Å². The Labute approximate surface area is 150 Å². The molecule has 1 aliphatic rings. The van der Waals surface area contributed by atoms with E-state index in [1.807, 2.05) is 36.5 Å². The summed E-state index contributed by atoms with van der Waals surface area (Å²) in [6, 6.07) is 11.4. The lowest BCUT2D eigenvalue weighted by atomic mass is 9.97. The Morgan fingerprint density at radius 3 is 2.85 bits per heavy atom. The van der Waals surface area contributed by atoms with Crippen molar-refractivity contribution in [3.8, 4) is 11.4 Å². The molecular weight excluding hydrogens is 333 g/mol. The van der Waals surface area contributed by atoms with Crippen LogP contribution in [0.3, 0.4) is 0 Å². The first-order chi connectivity index (χ1) is 12.7. The monoisotopic (exact) mass is 351 g/mol. The predicted octanol–water partition coefficient (Wildman–Crippen LogP) is 2.90. The van der Waals surface area contributed by atoms with Crippen LogP contribution in [0.5, 0.6) is 5.75 Å². The van der Waals surface area contributed by atoms with Gasteiger partial charge in [-0.25, -0.2) is 9.07 Å². The van der Waals surface area contributed by atoms with Gasteiger partial charge in [-0.2, -0.15) is 5.10 Å². The van der Waals surface area contributed by atoms with E-state index in [1.54, 1.807) is 16.9 Å². The second kappa shape index (κ2) is 6.63. The van der Waals surface area contributed by atoms with Crippen LogP contribution in [0.2, 0.25) is 0 Å². The van der Waals surface area contributed by atoms with Crippen molar-refractivity contribution in [2.24, 2.45) is 0 Å². The third kappa shape index (κ3) is 2.83. The first kappa shape index (κ1) is 16.3. The molecule has 1 N–H and O–H groups in total. The van der Waals surface area contributed by atoms with Gasteiger partial charge in [0.25, 0.3) is 5.91 Å². The largest absolute Gasteiger partial charge is 0.493 e. The summed E-state index contributed by atoms with van der Waals surface area (Å²) < 4.78 is 22.0. The average Bonchev–Trinajstić information content (AvgIpc) is 3.36. The summed E-state index contributed by atoms with van der Waals surface area (Å²) >= 11 is 0. The fourth-order valence-electron chi connectivity index (χ4n) is 3.26. The van der Waals surface area contributed by atoms with E-state index in [1.165, 1.54) is 7.05 Å². The van der Waals surface area contributed by atoms with Crippen molar-refractivity contribution in [3.05, 3.63) is 76.9 Å². The van der Waals surface area contributed by atoms with Gasteiger partial charge in [-0.1, -0.05) is 12.1 Å². The Kier molecular flexibility index (Phi) is 4.16. The van der Waals surface area contributed by atoms with E-state index >= 15 is 0 Å². The molecule has 0 fully saturated rings. The first-order valence-electron chi connectivity index (χ1n) is 8.45. The number of hydrogen-bond acceptors (Lipinski definition) is 3. The van der Waals surface area contributed by atoms with Crippen molar-refractivity contribution in [1.82, 2.24) is 15.1 Å². The van der Waals surface area contributed by atoms with Crippen LogP contribution in [-0.2, 0) is 12.8 Å². The van der Waals surface area contributed by atoms with Crippen LogP contribution in [-0.4, -0.2) is 29.3 Å². The summed E-state index contributed by atoms with van der Waals surface area (Å²) in [4.78, 5) is 12.0. The Morgan fingerprint density at radius 1 is 1.35 bits per heavy atom. The first-order valence-corrected chi connectivity index (χ1v) is 8.45. The number of aromatic nitrogens is 2.